The van der Waals surface area contributed by atoms with Crippen LogP contribution in [0, 0.1) is 13.8 Å². The monoisotopic (exact) mass is 388 g/mol. The van der Waals surface area contributed by atoms with E-state index in [0.29, 0.717) is 24.7 Å². The van der Waals surface area contributed by atoms with E-state index in [0.717, 1.165) is 30.2 Å². The lowest BCUT2D eigenvalue weighted by Crippen LogP contribution is -2.49. The van der Waals surface area contributed by atoms with Gasteiger partial charge in [0.1, 0.15) is 11.5 Å². The molecule has 148 valence electrons. The maximum absolute atomic E-state index is 12.9. The summed E-state index contributed by atoms with van der Waals surface area (Å²) in [5, 5.41) is 3.23. The van der Waals surface area contributed by atoms with Crippen LogP contribution in [0.15, 0.2) is 54.9 Å². The van der Waals surface area contributed by atoms with E-state index in [2.05, 4.69) is 38.2 Å². The topological polar surface area (TPSA) is 74.2 Å². The first-order valence-electron chi connectivity index (χ1n) is 9.73. The number of anilines is 3. The predicted octanol–water partition coefficient (Wildman–Crippen LogP) is 3.19. The molecule has 1 amide bonds. The minimum atomic E-state index is -0.0721. The van der Waals surface area contributed by atoms with Gasteiger partial charge in [0.25, 0.3) is 5.91 Å². The summed E-state index contributed by atoms with van der Waals surface area (Å²) in [5.74, 6) is 1.30. The lowest BCUT2D eigenvalue weighted by Gasteiger charge is -2.35. The van der Waals surface area contributed by atoms with Gasteiger partial charge in [-0.05, 0) is 49.2 Å². The lowest BCUT2D eigenvalue weighted by molar-refractivity contribution is 0.0740. The van der Waals surface area contributed by atoms with Gasteiger partial charge < -0.3 is 15.1 Å². The molecule has 1 aliphatic rings. The van der Waals surface area contributed by atoms with Gasteiger partial charge in [-0.15, -0.1) is 0 Å². The SMILES string of the molecule is Cc1cccc(Nc2nccc(C(=O)N3CCN(c4ccccn4)CC3)n2)c1C. The van der Waals surface area contributed by atoms with Gasteiger partial charge in [0.15, 0.2) is 0 Å². The summed E-state index contributed by atoms with van der Waals surface area (Å²) >= 11 is 0. The Morgan fingerprint density at radius 1 is 0.931 bits per heavy atom. The highest BCUT2D eigenvalue weighted by molar-refractivity contribution is 5.92. The van der Waals surface area contributed by atoms with Gasteiger partial charge >= 0.3 is 0 Å². The van der Waals surface area contributed by atoms with Gasteiger partial charge in [-0.1, -0.05) is 18.2 Å². The Labute approximate surface area is 170 Å². The Kier molecular flexibility index (Phi) is 5.37. The summed E-state index contributed by atoms with van der Waals surface area (Å²) in [7, 11) is 0. The highest BCUT2D eigenvalue weighted by atomic mass is 16.2. The molecule has 2 aromatic heterocycles. The van der Waals surface area contributed by atoms with E-state index in [1.807, 2.05) is 42.2 Å². The third-order valence-electron chi connectivity index (χ3n) is 5.27. The van der Waals surface area contributed by atoms with Crippen molar-refractivity contribution >= 4 is 23.4 Å². The molecule has 4 rings (SSSR count). The number of nitrogens with zero attached hydrogens (tertiary/aromatic N) is 5. The lowest BCUT2D eigenvalue weighted by atomic mass is 10.1. The third kappa shape index (κ3) is 4.18. The number of rotatable bonds is 4. The summed E-state index contributed by atoms with van der Waals surface area (Å²) in [6.07, 6.45) is 3.41. The first-order valence-corrected chi connectivity index (χ1v) is 9.73. The number of amides is 1. The van der Waals surface area contributed by atoms with Gasteiger partial charge in [0.05, 0.1) is 0 Å². The van der Waals surface area contributed by atoms with Crippen molar-refractivity contribution in [2.75, 3.05) is 36.4 Å². The zero-order valence-electron chi connectivity index (χ0n) is 16.7. The average Bonchev–Trinajstić information content (AvgIpc) is 2.77. The Morgan fingerprint density at radius 2 is 1.76 bits per heavy atom. The smallest absolute Gasteiger partial charge is 0.272 e. The Balaban J connectivity index is 1.43. The molecule has 7 heteroatoms. The van der Waals surface area contributed by atoms with Crippen molar-refractivity contribution in [3.63, 3.8) is 0 Å². The number of benzene rings is 1. The fraction of sp³-hybridized carbons (Fsp3) is 0.273. The predicted molar refractivity (Wildman–Crippen MR) is 114 cm³/mol. The maximum atomic E-state index is 12.9. The molecule has 1 N–H and O–H groups in total. The second-order valence-electron chi connectivity index (χ2n) is 7.11. The molecule has 0 bridgehead atoms. The van der Waals surface area contributed by atoms with Crippen LogP contribution in [0.5, 0.6) is 0 Å². The van der Waals surface area contributed by atoms with E-state index in [1.165, 1.54) is 5.56 Å². The molecule has 0 unspecified atom stereocenters. The minimum Gasteiger partial charge on any atom is -0.353 e. The van der Waals surface area contributed by atoms with Gasteiger partial charge in [0.2, 0.25) is 5.95 Å². The van der Waals surface area contributed by atoms with Crippen LogP contribution in [0.1, 0.15) is 21.6 Å². The zero-order chi connectivity index (χ0) is 20.2. The zero-order valence-corrected chi connectivity index (χ0v) is 16.7. The Hall–Kier alpha value is -3.48. The van der Waals surface area contributed by atoms with Crippen molar-refractivity contribution in [3.05, 3.63) is 71.7 Å². The number of hydrogen-bond acceptors (Lipinski definition) is 6. The molecule has 0 atom stereocenters. The molecule has 0 spiro atoms. The Bertz CT molecular complexity index is 999. The molecule has 29 heavy (non-hydrogen) atoms. The normalized spacial score (nSPS) is 14.0. The highest BCUT2D eigenvalue weighted by Gasteiger charge is 2.24. The number of hydrogen-bond donors (Lipinski definition) is 1. The van der Waals surface area contributed by atoms with Crippen molar-refractivity contribution in [1.82, 2.24) is 19.9 Å². The molecule has 0 radical (unpaired) electrons. The van der Waals surface area contributed by atoms with E-state index in [4.69, 9.17) is 0 Å². The maximum Gasteiger partial charge on any atom is 0.272 e. The summed E-state index contributed by atoms with van der Waals surface area (Å²) in [5.41, 5.74) is 3.67. The summed E-state index contributed by atoms with van der Waals surface area (Å²) in [6.45, 7) is 6.89. The summed E-state index contributed by atoms with van der Waals surface area (Å²) < 4.78 is 0. The number of carbonyl (C=O) groups excluding carboxylic acids is 1. The molecule has 3 aromatic rings. The molecule has 1 fully saturated rings. The first kappa shape index (κ1) is 18.9. The number of pyridine rings is 1. The summed E-state index contributed by atoms with van der Waals surface area (Å²) in [4.78, 5) is 30.1. The molecule has 0 saturated carbocycles. The van der Waals surface area contributed by atoms with Crippen LogP contribution in [0.25, 0.3) is 0 Å². The first-order chi connectivity index (χ1) is 14.1. The second-order valence-corrected chi connectivity index (χ2v) is 7.11. The van der Waals surface area contributed by atoms with Gasteiger partial charge in [-0.25, -0.2) is 15.0 Å². The van der Waals surface area contributed by atoms with Crippen molar-refractivity contribution in [3.8, 4) is 0 Å². The fourth-order valence-electron chi connectivity index (χ4n) is 3.39. The van der Waals surface area contributed by atoms with Crippen LogP contribution >= 0.6 is 0 Å². The largest absolute Gasteiger partial charge is 0.353 e. The van der Waals surface area contributed by atoms with Crippen LogP contribution in [0.2, 0.25) is 0 Å². The number of piperazine rings is 1. The molecule has 3 heterocycles. The molecular weight excluding hydrogens is 364 g/mol. The van der Waals surface area contributed by atoms with E-state index in [-0.39, 0.29) is 5.91 Å². The van der Waals surface area contributed by atoms with E-state index < -0.39 is 0 Å². The quantitative estimate of drug-likeness (QED) is 0.740. The van der Waals surface area contributed by atoms with Crippen molar-refractivity contribution in [1.29, 1.82) is 0 Å². The third-order valence-corrected chi connectivity index (χ3v) is 5.27. The van der Waals surface area contributed by atoms with Crippen LogP contribution in [-0.2, 0) is 0 Å². The average molecular weight is 388 g/mol. The van der Waals surface area contributed by atoms with Gasteiger partial charge in [-0.2, -0.15) is 0 Å². The molecule has 7 nitrogen and oxygen atoms in total. The number of aromatic nitrogens is 3. The van der Waals surface area contributed by atoms with Crippen LogP contribution < -0.4 is 10.2 Å². The van der Waals surface area contributed by atoms with Crippen LogP contribution in [-0.4, -0.2) is 51.9 Å². The molecule has 1 aliphatic heterocycles. The van der Waals surface area contributed by atoms with Crippen LogP contribution in [0.3, 0.4) is 0 Å². The number of aryl methyl sites for hydroxylation is 1. The highest BCUT2D eigenvalue weighted by Crippen LogP contribution is 2.21. The number of nitrogens with one attached hydrogen (secondary N) is 1. The van der Waals surface area contributed by atoms with E-state index in [9.17, 15) is 4.79 Å². The van der Waals surface area contributed by atoms with Crippen molar-refractivity contribution in [2.45, 2.75) is 13.8 Å². The second kappa shape index (κ2) is 8.26. The van der Waals surface area contributed by atoms with Gasteiger partial charge in [0, 0.05) is 44.3 Å². The van der Waals surface area contributed by atoms with Crippen molar-refractivity contribution in [2.24, 2.45) is 0 Å². The minimum absolute atomic E-state index is 0.0721. The molecule has 0 aliphatic carbocycles. The van der Waals surface area contributed by atoms with E-state index >= 15 is 0 Å². The van der Waals surface area contributed by atoms with E-state index in [1.54, 1.807) is 18.5 Å². The number of carbonyl (C=O) groups is 1. The molecule has 1 saturated heterocycles. The standard InChI is InChI=1S/C22H24N6O/c1-16-6-5-7-18(17(16)2)25-22-24-11-9-19(26-22)21(29)28-14-12-27(13-15-28)20-8-3-4-10-23-20/h3-11H,12-15H2,1-2H3,(H,24,25,26). The van der Waals surface area contributed by atoms with Crippen LogP contribution in [0.4, 0.5) is 17.5 Å². The summed E-state index contributed by atoms with van der Waals surface area (Å²) in [6, 6.07) is 13.6. The van der Waals surface area contributed by atoms with Crippen molar-refractivity contribution < 1.29 is 4.79 Å². The van der Waals surface area contributed by atoms with Gasteiger partial charge in [-0.3, -0.25) is 4.79 Å². The Morgan fingerprint density at radius 3 is 2.52 bits per heavy atom. The molecule has 1 aromatic carbocycles. The fourth-order valence-corrected chi connectivity index (χ4v) is 3.39. The molecular formula is C22H24N6O.